The number of hydrogen-bond acceptors (Lipinski definition) is 4. The molecule has 22 heavy (non-hydrogen) atoms. The van der Waals surface area contributed by atoms with E-state index in [0.717, 1.165) is 45.2 Å². The summed E-state index contributed by atoms with van der Waals surface area (Å²) in [6.07, 6.45) is 7.39. The van der Waals surface area contributed by atoms with Crippen molar-refractivity contribution in [2.75, 3.05) is 13.1 Å². The number of aliphatic hydroxyl groups excluding tert-OH is 1. The maximum atomic E-state index is 12.1. The van der Waals surface area contributed by atoms with Crippen LogP contribution in [0.25, 0.3) is 0 Å². The highest BCUT2D eigenvalue weighted by Gasteiger charge is 2.32. The van der Waals surface area contributed by atoms with Crippen molar-refractivity contribution in [3.05, 3.63) is 23.1 Å². The largest absolute Gasteiger partial charge is 0.452 e. The zero-order chi connectivity index (χ0) is 15.5. The molecule has 1 aromatic heterocycles. The molecule has 1 aliphatic heterocycles. The summed E-state index contributed by atoms with van der Waals surface area (Å²) in [5.41, 5.74) is 0.395. The average Bonchev–Trinajstić information content (AvgIpc) is 2.95. The summed E-state index contributed by atoms with van der Waals surface area (Å²) in [4.78, 5) is 14.5. The van der Waals surface area contributed by atoms with Gasteiger partial charge in [-0.25, -0.2) is 0 Å². The number of hydrogen-bond donors (Lipinski definition) is 2. The number of halogens is 1. The third kappa shape index (κ3) is 3.47. The minimum Gasteiger partial charge on any atom is -0.452 e. The predicted molar refractivity (Wildman–Crippen MR) is 84.0 cm³/mol. The van der Waals surface area contributed by atoms with Gasteiger partial charge in [-0.15, -0.1) is 0 Å². The second-order valence-electron chi connectivity index (χ2n) is 6.31. The van der Waals surface area contributed by atoms with E-state index in [9.17, 15) is 9.90 Å². The van der Waals surface area contributed by atoms with E-state index in [-0.39, 0.29) is 23.3 Å². The number of carbonyl (C=O) groups is 1. The molecule has 0 radical (unpaired) electrons. The van der Waals surface area contributed by atoms with Gasteiger partial charge in [0.05, 0.1) is 17.9 Å². The number of carbonyl (C=O) groups excluding carboxylic acids is 1. The van der Waals surface area contributed by atoms with E-state index in [0.29, 0.717) is 11.6 Å². The molecule has 2 N–H and O–H groups in total. The first-order valence-electron chi connectivity index (χ1n) is 8.11. The van der Waals surface area contributed by atoms with Gasteiger partial charge in [0.2, 0.25) is 5.22 Å². The molecular weight excluding hydrogens is 304 g/mol. The van der Waals surface area contributed by atoms with E-state index in [4.69, 9.17) is 16.0 Å². The molecule has 2 heterocycles. The van der Waals surface area contributed by atoms with Crippen LogP contribution in [-0.2, 0) is 0 Å². The molecule has 3 rings (SSSR count). The fourth-order valence-corrected chi connectivity index (χ4v) is 3.81. The fourth-order valence-electron chi connectivity index (χ4n) is 3.61. The van der Waals surface area contributed by atoms with E-state index < -0.39 is 0 Å². The highest BCUT2D eigenvalue weighted by molar-refractivity contribution is 6.32. The lowest BCUT2D eigenvalue weighted by atomic mass is 9.89. The van der Waals surface area contributed by atoms with Crippen molar-refractivity contribution in [1.29, 1.82) is 0 Å². The number of aliphatic hydroxyl groups is 1. The highest BCUT2D eigenvalue weighted by Crippen LogP contribution is 2.26. The van der Waals surface area contributed by atoms with Gasteiger partial charge < -0.3 is 14.8 Å². The Hall–Kier alpha value is -1.04. The zero-order valence-electron chi connectivity index (χ0n) is 12.6. The minimum atomic E-state index is -0.190. The van der Waals surface area contributed by atoms with Crippen molar-refractivity contribution >= 4 is 17.5 Å². The molecule has 5 nitrogen and oxygen atoms in total. The topological polar surface area (TPSA) is 65.7 Å². The minimum absolute atomic E-state index is 0.139. The summed E-state index contributed by atoms with van der Waals surface area (Å²) < 4.78 is 4.95. The Morgan fingerprint density at radius 3 is 2.64 bits per heavy atom. The number of likely N-dealkylation sites (tertiary alicyclic amines) is 1. The van der Waals surface area contributed by atoms with Gasteiger partial charge in [-0.1, -0.05) is 12.8 Å². The lowest BCUT2D eigenvalue weighted by Crippen LogP contribution is -2.52. The molecule has 0 bridgehead atoms. The van der Waals surface area contributed by atoms with Gasteiger partial charge in [0.25, 0.3) is 5.91 Å². The fraction of sp³-hybridized carbons (Fsp3) is 0.688. The van der Waals surface area contributed by atoms with Crippen LogP contribution >= 0.6 is 11.6 Å². The van der Waals surface area contributed by atoms with Crippen molar-refractivity contribution in [2.45, 2.75) is 56.7 Å². The van der Waals surface area contributed by atoms with Crippen molar-refractivity contribution in [3.63, 3.8) is 0 Å². The zero-order valence-corrected chi connectivity index (χ0v) is 13.4. The first-order valence-corrected chi connectivity index (χ1v) is 8.49. The Morgan fingerprint density at radius 1 is 1.27 bits per heavy atom. The van der Waals surface area contributed by atoms with Gasteiger partial charge in [0.15, 0.2) is 0 Å². The van der Waals surface area contributed by atoms with Gasteiger partial charge in [-0.05, 0) is 43.4 Å². The van der Waals surface area contributed by atoms with Crippen molar-refractivity contribution in [3.8, 4) is 0 Å². The molecular formula is C16H23ClN2O3. The molecule has 0 spiro atoms. The molecule has 1 saturated heterocycles. The van der Waals surface area contributed by atoms with Crippen molar-refractivity contribution in [1.82, 2.24) is 10.2 Å². The molecule has 122 valence electrons. The summed E-state index contributed by atoms with van der Waals surface area (Å²) >= 11 is 5.83. The van der Waals surface area contributed by atoms with Gasteiger partial charge in [-0.2, -0.15) is 0 Å². The Labute approximate surface area is 135 Å². The highest BCUT2D eigenvalue weighted by atomic mass is 35.5. The Morgan fingerprint density at radius 2 is 2.00 bits per heavy atom. The van der Waals surface area contributed by atoms with Crippen molar-refractivity contribution < 1.29 is 14.3 Å². The van der Waals surface area contributed by atoms with Crippen LogP contribution in [0.3, 0.4) is 0 Å². The van der Waals surface area contributed by atoms with E-state index >= 15 is 0 Å². The van der Waals surface area contributed by atoms with Crippen LogP contribution in [-0.4, -0.2) is 47.2 Å². The molecule has 0 aromatic carbocycles. The molecule has 0 unspecified atom stereocenters. The van der Waals surface area contributed by atoms with Crippen LogP contribution in [0.1, 0.15) is 48.9 Å². The number of rotatable bonds is 3. The molecule has 2 fully saturated rings. The monoisotopic (exact) mass is 326 g/mol. The third-order valence-electron chi connectivity index (χ3n) is 4.89. The molecule has 2 atom stereocenters. The maximum absolute atomic E-state index is 12.1. The summed E-state index contributed by atoms with van der Waals surface area (Å²) in [6, 6.07) is 2.05. The number of nitrogens with zero attached hydrogens (tertiary/aromatic N) is 1. The third-order valence-corrected chi connectivity index (χ3v) is 5.18. The molecule has 1 aliphatic carbocycles. The van der Waals surface area contributed by atoms with Gasteiger partial charge in [0.1, 0.15) is 0 Å². The summed E-state index contributed by atoms with van der Waals surface area (Å²) in [6.45, 7) is 1.84. The van der Waals surface area contributed by atoms with E-state index in [2.05, 4.69) is 10.2 Å². The Bertz CT molecular complexity index is 511. The van der Waals surface area contributed by atoms with Crippen molar-refractivity contribution in [2.24, 2.45) is 0 Å². The molecule has 1 amide bonds. The van der Waals surface area contributed by atoms with Crippen LogP contribution in [0.4, 0.5) is 0 Å². The Kier molecular flexibility index (Phi) is 5.06. The van der Waals surface area contributed by atoms with Crippen LogP contribution in [0.15, 0.2) is 16.7 Å². The molecule has 2 aliphatic rings. The second kappa shape index (κ2) is 7.02. The van der Waals surface area contributed by atoms with Gasteiger partial charge in [-0.3, -0.25) is 9.69 Å². The first kappa shape index (κ1) is 15.8. The average molecular weight is 327 g/mol. The molecule has 1 saturated carbocycles. The smallest absolute Gasteiger partial charge is 0.256 e. The summed E-state index contributed by atoms with van der Waals surface area (Å²) in [5.74, 6) is -0.171. The number of furan rings is 1. The van der Waals surface area contributed by atoms with E-state index in [1.54, 1.807) is 6.07 Å². The van der Waals surface area contributed by atoms with Gasteiger partial charge in [0, 0.05) is 25.2 Å². The number of amides is 1. The lowest BCUT2D eigenvalue weighted by Gasteiger charge is -2.41. The van der Waals surface area contributed by atoms with E-state index in [1.807, 2.05) is 0 Å². The van der Waals surface area contributed by atoms with Crippen LogP contribution in [0.2, 0.25) is 5.22 Å². The quantitative estimate of drug-likeness (QED) is 0.895. The molecule has 6 heteroatoms. The van der Waals surface area contributed by atoms with Crippen LogP contribution < -0.4 is 5.32 Å². The second-order valence-corrected chi connectivity index (χ2v) is 6.65. The standard InChI is InChI=1S/C16H23ClN2O3/c17-15-12(7-10-22-15)16(21)18-11-5-8-19(9-6-11)13-3-1-2-4-14(13)20/h7,10-11,13-14,20H,1-6,8-9H2,(H,18,21)/t13-,14+/m0/s1. The first-order chi connectivity index (χ1) is 10.6. The SMILES string of the molecule is O=C(NC1CCN([C@H]2CCCC[C@H]2O)CC1)c1ccoc1Cl. The van der Waals surface area contributed by atoms with Crippen LogP contribution in [0, 0.1) is 0 Å². The normalized spacial score (nSPS) is 27.7. The maximum Gasteiger partial charge on any atom is 0.256 e. The number of nitrogens with one attached hydrogen (secondary N) is 1. The molecule has 1 aromatic rings. The summed E-state index contributed by atoms with van der Waals surface area (Å²) in [7, 11) is 0. The summed E-state index contributed by atoms with van der Waals surface area (Å²) in [5, 5.41) is 13.3. The lowest BCUT2D eigenvalue weighted by molar-refractivity contribution is 0.00727. The van der Waals surface area contributed by atoms with E-state index in [1.165, 1.54) is 12.7 Å². The van der Waals surface area contributed by atoms with Gasteiger partial charge >= 0.3 is 0 Å². The predicted octanol–water partition coefficient (Wildman–Crippen LogP) is 2.43. The van der Waals surface area contributed by atoms with Crippen LogP contribution in [0.5, 0.6) is 0 Å². The Balaban J connectivity index is 1.49. The number of piperidine rings is 1.